The number of anilines is 1. The maximum Gasteiger partial charge on any atom is 0.232 e. The first-order valence-electron chi connectivity index (χ1n) is 10.9. The molecule has 0 saturated heterocycles. The van der Waals surface area contributed by atoms with Crippen LogP contribution in [0, 0.1) is 6.92 Å². The maximum atomic E-state index is 6.12. The molecule has 2 N–H and O–H groups in total. The van der Waals surface area contributed by atoms with Gasteiger partial charge in [0.1, 0.15) is 5.75 Å². The number of nitrogens with zero attached hydrogens (tertiary/aromatic N) is 2. The van der Waals surface area contributed by atoms with Crippen LogP contribution in [0.25, 0.3) is 0 Å². The Kier molecular flexibility index (Phi) is 7.22. The van der Waals surface area contributed by atoms with Crippen LogP contribution in [0.5, 0.6) is 11.6 Å². The van der Waals surface area contributed by atoms with E-state index in [9.17, 15) is 0 Å². The maximum absolute atomic E-state index is 6.12. The smallest absolute Gasteiger partial charge is 0.232 e. The number of hydrogen-bond donors (Lipinski definition) is 2. The van der Waals surface area contributed by atoms with Gasteiger partial charge in [0.05, 0.1) is 0 Å². The number of ether oxygens (including phenoxy) is 1. The van der Waals surface area contributed by atoms with E-state index in [2.05, 4.69) is 32.7 Å². The van der Waals surface area contributed by atoms with Crippen molar-refractivity contribution in [3.63, 3.8) is 0 Å². The molecule has 1 aliphatic rings. The SMILES string of the molecule is Cc1cc(Oc2ccccc2)nc(NC(=S)NCC2(c3ccc(Cl)cc3)CCCCC2)n1. The lowest BCUT2D eigenvalue weighted by Crippen LogP contribution is -2.43. The van der Waals surface area contributed by atoms with Crippen molar-refractivity contribution < 1.29 is 4.74 Å². The molecule has 1 heterocycles. The monoisotopic (exact) mass is 466 g/mol. The summed E-state index contributed by atoms with van der Waals surface area (Å²) in [5.74, 6) is 1.61. The number of nitrogens with one attached hydrogen (secondary N) is 2. The zero-order valence-corrected chi connectivity index (χ0v) is 19.7. The number of hydrogen-bond acceptors (Lipinski definition) is 4. The van der Waals surface area contributed by atoms with Gasteiger partial charge in [-0.3, -0.25) is 0 Å². The largest absolute Gasteiger partial charge is 0.439 e. The van der Waals surface area contributed by atoms with E-state index in [1.807, 2.05) is 49.4 Å². The molecule has 4 rings (SSSR count). The van der Waals surface area contributed by atoms with Crippen LogP contribution in [0.15, 0.2) is 60.7 Å². The zero-order chi connectivity index (χ0) is 22.4. The molecule has 1 fully saturated rings. The summed E-state index contributed by atoms with van der Waals surface area (Å²) in [7, 11) is 0. The zero-order valence-electron chi connectivity index (χ0n) is 18.1. The molecule has 1 aliphatic carbocycles. The number of rotatable bonds is 6. The standard InChI is InChI=1S/C25H27ClN4OS/c1-18-16-22(31-21-8-4-2-5-9-21)29-23(28-18)30-24(32)27-17-25(14-6-3-7-15-25)19-10-12-20(26)13-11-19/h2,4-5,8-13,16H,3,6-7,14-15,17H2,1H3,(H2,27,28,29,30,32). The Morgan fingerprint density at radius 1 is 1.03 bits per heavy atom. The third kappa shape index (κ3) is 5.75. The van der Waals surface area contributed by atoms with Gasteiger partial charge in [0.25, 0.3) is 0 Å². The van der Waals surface area contributed by atoms with Crippen LogP contribution < -0.4 is 15.4 Å². The average Bonchev–Trinajstić information content (AvgIpc) is 2.79. The summed E-state index contributed by atoms with van der Waals surface area (Å²) in [6, 6.07) is 19.6. The van der Waals surface area contributed by atoms with Gasteiger partial charge in [-0.2, -0.15) is 4.98 Å². The summed E-state index contributed by atoms with van der Waals surface area (Å²) in [6.45, 7) is 2.65. The highest BCUT2D eigenvalue weighted by Gasteiger charge is 2.34. The second kappa shape index (κ2) is 10.3. The molecule has 0 radical (unpaired) electrons. The fourth-order valence-corrected chi connectivity index (χ4v) is 4.54. The van der Waals surface area contributed by atoms with Gasteiger partial charge < -0.3 is 15.4 Å². The van der Waals surface area contributed by atoms with Gasteiger partial charge in [0.15, 0.2) is 5.11 Å². The van der Waals surface area contributed by atoms with E-state index in [1.165, 1.54) is 24.8 Å². The number of para-hydroxylation sites is 1. The summed E-state index contributed by atoms with van der Waals surface area (Å²) in [5.41, 5.74) is 2.15. The van der Waals surface area contributed by atoms with Crippen LogP contribution in [0.1, 0.15) is 43.4 Å². The van der Waals surface area contributed by atoms with E-state index in [0.717, 1.165) is 35.9 Å². The van der Waals surface area contributed by atoms with Crippen LogP contribution in [-0.2, 0) is 5.41 Å². The van der Waals surface area contributed by atoms with Crippen molar-refractivity contribution in [2.45, 2.75) is 44.4 Å². The highest BCUT2D eigenvalue weighted by atomic mass is 35.5. The third-order valence-electron chi connectivity index (χ3n) is 5.88. The molecule has 0 spiro atoms. The van der Waals surface area contributed by atoms with Crippen LogP contribution in [0.2, 0.25) is 5.02 Å². The topological polar surface area (TPSA) is 59.1 Å². The summed E-state index contributed by atoms with van der Waals surface area (Å²) >= 11 is 11.7. The van der Waals surface area contributed by atoms with E-state index in [0.29, 0.717) is 16.9 Å². The number of thiocarbonyl (C=S) groups is 1. The van der Waals surface area contributed by atoms with Gasteiger partial charge >= 0.3 is 0 Å². The van der Waals surface area contributed by atoms with Gasteiger partial charge in [0, 0.05) is 28.7 Å². The quantitative estimate of drug-likeness (QED) is 0.409. The van der Waals surface area contributed by atoms with Crippen molar-refractivity contribution in [2.75, 3.05) is 11.9 Å². The normalized spacial score (nSPS) is 15.1. The minimum atomic E-state index is 0.0453. The molecule has 5 nitrogen and oxygen atoms in total. The second-order valence-corrected chi connectivity index (χ2v) is 9.09. The molecule has 2 aromatic carbocycles. The van der Waals surface area contributed by atoms with Gasteiger partial charge in [-0.1, -0.05) is 61.2 Å². The molecule has 0 aliphatic heterocycles. The Hall–Kier alpha value is -2.70. The van der Waals surface area contributed by atoms with E-state index < -0.39 is 0 Å². The van der Waals surface area contributed by atoms with Gasteiger partial charge in [-0.15, -0.1) is 0 Å². The average molecular weight is 467 g/mol. The van der Waals surface area contributed by atoms with Crippen LogP contribution in [0.4, 0.5) is 5.95 Å². The second-order valence-electron chi connectivity index (χ2n) is 8.24. The highest BCUT2D eigenvalue weighted by Crippen LogP contribution is 2.39. The number of aryl methyl sites for hydroxylation is 1. The lowest BCUT2D eigenvalue weighted by molar-refractivity contribution is 0.292. The predicted molar refractivity (Wildman–Crippen MR) is 134 cm³/mol. The third-order valence-corrected chi connectivity index (χ3v) is 6.37. The molecule has 3 aromatic rings. The summed E-state index contributed by atoms with van der Waals surface area (Å²) in [5, 5.41) is 7.79. The molecule has 0 unspecified atom stereocenters. The van der Waals surface area contributed by atoms with Crippen molar-refractivity contribution in [3.05, 3.63) is 76.9 Å². The Morgan fingerprint density at radius 3 is 2.47 bits per heavy atom. The predicted octanol–water partition coefficient (Wildman–Crippen LogP) is 6.42. The summed E-state index contributed by atoms with van der Waals surface area (Å²) < 4.78 is 5.85. The minimum Gasteiger partial charge on any atom is -0.439 e. The molecule has 1 saturated carbocycles. The van der Waals surface area contributed by atoms with Crippen LogP contribution >= 0.6 is 23.8 Å². The van der Waals surface area contributed by atoms with Crippen molar-refractivity contribution in [3.8, 4) is 11.6 Å². The van der Waals surface area contributed by atoms with Crippen molar-refractivity contribution in [1.82, 2.24) is 15.3 Å². The molecule has 1 aromatic heterocycles. The Morgan fingerprint density at radius 2 is 1.75 bits per heavy atom. The first kappa shape index (κ1) is 22.5. The van der Waals surface area contributed by atoms with E-state index in [4.69, 9.17) is 28.6 Å². The number of benzene rings is 2. The molecule has 166 valence electrons. The molecule has 7 heteroatoms. The lowest BCUT2D eigenvalue weighted by atomic mass is 9.69. The van der Waals surface area contributed by atoms with Crippen LogP contribution in [0.3, 0.4) is 0 Å². The molecule has 32 heavy (non-hydrogen) atoms. The minimum absolute atomic E-state index is 0.0453. The first-order valence-corrected chi connectivity index (χ1v) is 11.7. The molecular formula is C25H27ClN4OS. The molecule has 0 amide bonds. The fourth-order valence-electron chi connectivity index (χ4n) is 4.25. The summed E-state index contributed by atoms with van der Waals surface area (Å²) in [6.07, 6.45) is 5.96. The van der Waals surface area contributed by atoms with Crippen LogP contribution in [-0.4, -0.2) is 21.6 Å². The highest BCUT2D eigenvalue weighted by molar-refractivity contribution is 7.80. The number of aromatic nitrogens is 2. The van der Waals surface area contributed by atoms with Gasteiger partial charge in [-0.05, 0) is 61.8 Å². The first-order chi connectivity index (χ1) is 15.5. The van der Waals surface area contributed by atoms with Crippen molar-refractivity contribution >= 4 is 34.9 Å². The van der Waals surface area contributed by atoms with E-state index in [1.54, 1.807) is 6.07 Å². The Labute approximate surface area is 199 Å². The lowest BCUT2D eigenvalue weighted by Gasteiger charge is -2.38. The molecule has 0 atom stereocenters. The Balaban J connectivity index is 1.43. The Bertz CT molecular complexity index is 1050. The van der Waals surface area contributed by atoms with E-state index in [-0.39, 0.29) is 5.41 Å². The van der Waals surface area contributed by atoms with Gasteiger partial charge in [-0.25, -0.2) is 4.98 Å². The van der Waals surface area contributed by atoms with Crippen molar-refractivity contribution in [1.29, 1.82) is 0 Å². The molecular weight excluding hydrogens is 440 g/mol. The number of halogens is 1. The van der Waals surface area contributed by atoms with E-state index >= 15 is 0 Å². The fraction of sp³-hybridized carbons (Fsp3) is 0.320. The van der Waals surface area contributed by atoms with Gasteiger partial charge in [0.2, 0.25) is 11.8 Å². The summed E-state index contributed by atoms with van der Waals surface area (Å²) in [4.78, 5) is 8.91. The molecule has 0 bridgehead atoms. The van der Waals surface area contributed by atoms with Crippen molar-refractivity contribution in [2.24, 2.45) is 0 Å².